The van der Waals surface area contributed by atoms with E-state index in [1.165, 1.54) is 12.1 Å². The van der Waals surface area contributed by atoms with Gasteiger partial charge >= 0.3 is 0 Å². The Bertz CT molecular complexity index is 492. The number of benzene rings is 1. The molecule has 0 fully saturated rings. The highest BCUT2D eigenvalue weighted by Crippen LogP contribution is 2.14. The van der Waals surface area contributed by atoms with Gasteiger partial charge in [-0.25, -0.2) is 8.42 Å². The van der Waals surface area contributed by atoms with E-state index in [0.29, 0.717) is 10.2 Å². The molecular weight excluding hydrogens is 238 g/mol. The minimum Gasteiger partial charge on any atom is -0.399 e. The van der Waals surface area contributed by atoms with Crippen LogP contribution < -0.4 is 10.5 Å². The van der Waals surface area contributed by atoms with Crippen LogP contribution in [-0.2, 0) is 10.0 Å². The molecule has 0 aromatic heterocycles. The van der Waals surface area contributed by atoms with Crippen LogP contribution in [0.4, 0.5) is 5.69 Å². The summed E-state index contributed by atoms with van der Waals surface area (Å²) in [6.07, 6.45) is -0.221. The number of nitrogen functional groups attached to an aromatic ring is 1. The molecule has 5 nitrogen and oxygen atoms in total. The van der Waals surface area contributed by atoms with Gasteiger partial charge in [0.2, 0.25) is 10.0 Å². The van der Waals surface area contributed by atoms with Gasteiger partial charge in [-0.1, -0.05) is 6.07 Å². The fourth-order valence-corrected chi connectivity index (χ4v) is 2.58. The van der Waals surface area contributed by atoms with Crippen molar-refractivity contribution in [3.8, 4) is 0 Å². The van der Waals surface area contributed by atoms with Gasteiger partial charge in [0.05, 0.1) is 26.0 Å². The number of rotatable bonds is 4. The van der Waals surface area contributed by atoms with Crippen molar-refractivity contribution in [1.29, 1.82) is 0 Å². The molecule has 0 spiro atoms. The van der Waals surface area contributed by atoms with Crippen molar-refractivity contribution >= 4 is 15.7 Å². The number of nitrogens with zero attached hydrogens (tertiary/aromatic N) is 1. The maximum absolute atomic E-state index is 12.1. The molecule has 0 bridgehead atoms. The number of quaternary nitrogens is 1. The Morgan fingerprint density at radius 3 is 2.35 bits per heavy atom. The number of nitrogens with one attached hydrogen (secondary N) is 1. The summed E-state index contributed by atoms with van der Waals surface area (Å²) >= 11 is 0. The maximum Gasteiger partial charge on any atom is 0.245 e. The van der Waals surface area contributed by atoms with Gasteiger partial charge in [0, 0.05) is 12.6 Å². The van der Waals surface area contributed by atoms with Crippen LogP contribution in [0.25, 0.3) is 0 Å². The zero-order chi connectivity index (χ0) is 13.3. The summed E-state index contributed by atoms with van der Waals surface area (Å²) in [7, 11) is 2.26. The van der Waals surface area contributed by atoms with Crippen molar-refractivity contribution in [2.75, 3.05) is 26.9 Å². The van der Waals surface area contributed by atoms with E-state index in [1.54, 1.807) is 12.1 Å². The third kappa shape index (κ3) is 3.69. The van der Waals surface area contributed by atoms with Gasteiger partial charge in [0.25, 0.3) is 0 Å². The molecule has 0 amide bonds. The summed E-state index contributed by atoms with van der Waals surface area (Å²) in [5.74, 6) is 0. The predicted molar refractivity (Wildman–Crippen MR) is 68.7 cm³/mol. The Morgan fingerprint density at radius 2 is 1.88 bits per heavy atom. The molecule has 96 valence electrons. The highest BCUT2D eigenvalue weighted by Gasteiger charge is 2.25. The highest BCUT2D eigenvalue weighted by atomic mass is 32.2. The zero-order valence-corrected chi connectivity index (χ0v) is 11.5. The molecule has 1 atom stereocenters. The highest BCUT2D eigenvalue weighted by molar-refractivity contribution is 7.89. The second-order valence-electron chi connectivity index (χ2n) is 4.99. The van der Waals surface area contributed by atoms with E-state index < -0.39 is 10.0 Å². The molecule has 0 heterocycles. The van der Waals surface area contributed by atoms with E-state index in [9.17, 15) is 8.42 Å². The van der Waals surface area contributed by atoms with E-state index >= 15 is 0 Å². The van der Waals surface area contributed by atoms with Crippen LogP contribution in [0.3, 0.4) is 0 Å². The molecule has 1 unspecified atom stereocenters. The topological polar surface area (TPSA) is 72.2 Å². The van der Waals surface area contributed by atoms with Crippen LogP contribution in [0.2, 0.25) is 0 Å². The molecule has 17 heavy (non-hydrogen) atoms. The first-order valence-corrected chi connectivity index (χ1v) is 6.80. The smallest absolute Gasteiger partial charge is 0.245 e. The third-order valence-electron chi connectivity index (χ3n) is 2.66. The van der Waals surface area contributed by atoms with Crippen LogP contribution in [0.15, 0.2) is 29.2 Å². The summed E-state index contributed by atoms with van der Waals surface area (Å²) in [6, 6.07) is 6.26. The van der Waals surface area contributed by atoms with Gasteiger partial charge in [-0.2, -0.15) is 4.72 Å². The van der Waals surface area contributed by atoms with Crippen molar-refractivity contribution in [2.24, 2.45) is 0 Å². The maximum atomic E-state index is 12.1. The zero-order valence-electron chi connectivity index (χ0n) is 10.6. The van der Waals surface area contributed by atoms with Crippen molar-refractivity contribution in [2.45, 2.75) is 18.0 Å². The van der Waals surface area contributed by atoms with Crippen LogP contribution in [0.5, 0.6) is 0 Å². The van der Waals surface area contributed by atoms with E-state index in [0.717, 1.165) is 0 Å². The van der Waals surface area contributed by atoms with Crippen LogP contribution in [-0.4, -0.2) is 40.2 Å². The molecule has 1 aromatic rings. The summed E-state index contributed by atoms with van der Waals surface area (Å²) in [5, 5.41) is 0. The third-order valence-corrected chi connectivity index (χ3v) is 4.18. The summed E-state index contributed by atoms with van der Waals surface area (Å²) in [4.78, 5) is 0.192. The van der Waals surface area contributed by atoms with Crippen molar-refractivity contribution in [1.82, 2.24) is 4.72 Å². The number of sulfonamides is 1. The SMILES string of the molecule is CC(NS(=O)(=O)c1cccc(N)c1)[N+](C)(C)C. The molecule has 1 aromatic carbocycles. The second-order valence-corrected chi connectivity index (χ2v) is 6.70. The van der Waals surface area contributed by atoms with Gasteiger partial charge in [-0.05, 0) is 18.2 Å². The second kappa shape index (κ2) is 4.64. The molecule has 6 heteroatoms. The fourth-order valence-electron chi connectivity index (χ4n) is 1.13. The van der Waals surface area contributed by atoms with Gasteiger partial charge in [-0.15, -0.1) is 0 Å². The molecule has 0 aliphatic heterocycles. The van der Waals surface area contributed by atoms with Crippen LogP contribution >= 0.6 is 0 Å². The fraction of sp³-hybridized carbons (Fsp3) is 0.455. The number of nitrogens with two attached hydrogens (primary N) is 1. The summed E-state index contributed by atoms with van der Waals surface area (Å²) in [6.45, 7) is 1.82. The minimum atomic E-state index is -3.51. The first-order valence-electron chi connectivity index (χ1n) is 5.32. The Kier molecular flexibility index (Phi) is 3.81. The van der Waals surface area contributed by atoms with Crippen molar-refractivity contribution in [3.05, 3.63) is 24.3 Å². The molecular formula is C11H20N3O2S+. The normalized spacial score (nSPS) is 14.6. The average Bonchev–Trinajstić information content (AvgIpc) is 2.15. The van der Waals surface area contributed by atoms with E-state index in [-0.39, 0.29) is 11.1 Å². The molecule has 1 rings (SSSR count). The molecule has 0 aliphatic carbocycles. The lowest BCUT2D eigenvalue weighted by molar-refractivity contribution is -0.895. The lowest BCUT2D eigenvalue weighted by Crippen LogP contribution is -2.53. The quantitative estimate of drug-likeness (QED) is 0.472. The Morgan fingerprint density at radius 1 is 1.29 bits per heavy atom. The predicted octanol–water partition coefficient (Wildman–Crippen LogP) is 0.599. The lowest BCUT2D eigenvalue weighted by Gasteiger charge is -2.31. The standard InChI is InChI=1S/C11H20N3O2S/c1-9(14(2,3)4)13-17(15,16)11-7-5-6-10(12)8-11/h5-9,13H,12H2,1-4H3/q+1. The van der Waals surface area contributed by atoms with Crippen LogP contribution in [0.1, 0.15) is 6.92 Å². The molecule has 0 aliphatic rings. The monoisotopic (exact) mass is 258 g/mol. The van der Waals surface area contributed by atoms with Gasteiger partial charge in [-0.3, -0.25) is 0 Å². The molecule has 0 radical (unpaired) electrons. The number of hydrogen-bond acceptors (Lipinski definition) is 3. The first kappa shape index (κ1) is 14.0. The Labute approximate surface area is 103 Å². The van der Waals surface area contributed by atoms with Gasteiger partial charge in [0.1, 0.15) is 0 Å². The molecule has 3 N–H and O–H groups in total. The molecule has 0 saturated carbocycles. The van der Waals surface area contributed by atoms with Gasteiger partial charge in [0.15, 0.2) is 6.17 Å². The van der Waals surface area contributed by atoms with E-state index in [2.05, 4.69) is 4.72 Å². The van der Waals surface area contributed by atoms with Gasteiger partial charge < -0.3 is 10.2 Å². The number of hydrogen-bond donors (Lipinski definition) is 2. The number of anilines is 1. The average molecular weight is 258 g/mol. The molecule has 0 saturated heterocycles. The lowest BCUT2D eigenvalue weighted by atomic mass is 10.3. The van der Waals surface area contributed by atoms with E-state index in [1.807, 2.05) is 28.1 Å². The van der Waals surface area contributed by atoms with E-state index in [4.69, 9.17) is 5.73 Å². The van der Waals surface area contributed by atoms with Crippen molar-refractivity contribution in [3.63, 3.8) is 0 Å². The van der Waals surface area contributed by atoms with Crippen LogP contribution in [0, 0.1) is 0 Å². The Hall–Kier alpha value is -1.11. The Balaban J connectivity index is 2.98. The summed E-state index contributed by atoms with van der Waals surface area (Å²) in [5.41, 5.74) is 6.01. The largest absolute Gasteiger partial charge is 0.399 e. The first-order chi connectivity index (χ1) is 7.63. The summed E-state index contributed by atoms with van der Waals surface area (Å²) < 4.78 is 27.3. The minimum absolute atomic E-state index is 0.192. The van der Waals surface area contributed by atoms with Crippen molar-refractivity contribution < 1.29 is 12.9 Å².